The lowest BCUT2D eigenvalue weighted by atomic mass is 9.85. The first-order chi connectivity index (χ1) is 9.15. The molecule has 1 saturated carbocycles. The fourth-order valence-electron chi connectivity index (χ4n) is 3.70. The molecule has 0 spiro atoms. The smallest absolute Gasteiger partial charge is 0.320 e. The van der Waals surface area contributed by atoms with Crippen molar-refractivity contribution in [1.29, 1.82) is 0 Å². The summed E-state index contributed by atoms with van der Waals surface area (Å²) in [5, 5.41) is 13.4. The third-order valence-corrected chi connectivity index (χ3v) is 4.53. The van der Waals surface area contributed by atoms with E-state index in [-0.39, 0.29) is 6.04 Å². The topological polar surface area (TPSA) is 66.6 Å². The van der Waals surface area contributed by atoms with Crippen LogP contribution in [0.3, 0.4) is 0 Å². The first-order valence-electron chi connectivity index (χ1n) is 7.06. The van der Waals surface area contributed by atoms with Crippen LogP contribution in [0.1, 0.15) is 43.6 Å². The van der Waals surface area contributed by atoms with Crippen molar-refractivity contribution in [2.75, 3.05) is 0 Å². The summed E-state index contributed by atoms with van der Waals surface area (Å²) >= 11 is 0. The van der Waals surface area contributed by atoms with Crippen LogP contribution in [0, 0.1) is 12.8 Å². The Balaban J connectivity index is 1.80. The summed E-state index contributed by atoms with van der Waals surface area (Å²) in [6, 6.07) is 1.95. The van der Waals surface area contributed by atoms with Gasteiger partial charge in [0, 0.05) is 18.7 Å². The van der Waals surface area contributed by atoms with Gasteiger partial charge in [-0.1, -0.05) is 18.0 Å². The van der Waals surface area contributed by atoms with E-state index >= 15 is 0 Å². The molecule has 1 saturated heterocycles. The van der Waals surface area contributed by atoms with Crippen molar-refractivity contribution in [3.05, 3.63) is 17.5 Å². The Bertz CT molecular complexity index is 471. The molecule has 2 heterocycles. The van der Waals surface area contributed by atoms with Crippen LogP contribution in [-0.2, 0) is 11.3 Å². The summed E-state index contributed by atoms with van der Waals surface area (Å²) in [6.07, 6.45) is 5.52. The van der Waals surface area contributed by atoms with E-state index in [2.05, 4.69) is 10.1 Å². The lowest BCUT2D eigenvalue weighted by Gasteiger charge is -2.32. The molecule has 1 aromatic heterocycles. The Hall–Kier alpha value is -1.36. The Morgan fingerprint density at radius 2 is 2.32 bits per heavy atom. The Kier molecular flexibility index (Phi) is 3.31. The highest BCUT2D eigenvalue weighted by Gasteiger charge is 2.45. The monoisotopic (exact) mass is 264 g/mol. The number of carbonyl (C=O) groups is 1. The number of hydrogen-bond donors (Lipinski definition) is 1. The summed E-state index contributed by atoms with van der Waals surface area (Å²) in [4.78, 5) is 13.6. The Morgan fingerprint density at radius 1 is 1.53 bits per heavy atom. The molecule has 104 valence electrons. The van der Waals surface area contributed by atoms with Crippen molar-refractivity contribution >= 4 is 5.97 Å². The average molecular weight is 264 g/mol. The van der Waals surface area contributed by atoms with Gasteiger partial charge in [-0.3, -0.25) is 9.69 Å². The fraction of sp³-hybridized carbons (Fsp3) is 0.714. The van der Waals surface area contributed by atoms with Gasteiger partial charge in [-0.05, 0) is 32.1 Å². The number of aryl methyl sites for hydroxylation is 1. The molecule has 2 aliphatic rings. The second kappa shape index (κ2) is 4.96. The van der Waals surface area contributed by atoms with E-state index in [1.165, 1.54) is 19.3 Å². The Labute approximate surface area is 112 Å². The van der Waals surface area contributed by atoms with Gasteiger partial charge in [0.25, 0.3) is 0 Å². The van der Waals surface area contributed by atoms with Crippen molar-refractivity contribution in [1.82, 2.24) is 10.1 Å². The van der Waals surface area contributed by atoms with Crippen molar-refractivity contribution < 1.29 is 14.4 Å². The minimum atomic E-state index is -0.699. The van der Waals surface area contributed by atoms with Gasteiger partial charge >= 0.3 is 5.97 Å². The minimum Gasteiger partial charge on any atom is -0.480 e. The van der Waals surface area contributed by atoms with E-state index < -0.39 is 5.97 Å². The van der Waals surface area contributed by atoms with Crippen LogP contribution in [0.4, 0.5) is 0 Å². The number of rotatable bonds is 3. The van der Waals surface area contributed by atoms with Crippen molar-refractivity contribution in [3.63, 3.8) is 0 Å². The first kappa shape index (κ1) is 12.7. The standard InChI is InChI=1S/C14H20N2O3/c1-9-6-11(15-19-9)8-16-12-5-3-2-4-10(12)7-13(16)14(17)18/h6,10,12-13H,2-5,7-8H2,1H3,(H,17,18)/t10-,12-,13+/m1/s1. The molecular weight excluding hydrogens is 244 g/mol. The Morgan fingerprint density at radius 3 is 3.00 bits per heavy atom. The lowest BCUT2D eigenvalue weighted by Crippen LogP contribution is -2.41. The van der Waals surface area contributed by atoms with Crippen molar-refractivity contribution in [2.24, 2.45) is 5.92 Å². The lowest BCUT2D eigenvalue weighted by molar-refractivity contribution is -0.142. The maximum absolute atomic E-state index is 11.5. The molecular formula is C14H20N2O3. The van der Waals surface area contributed by atoms with E-state index in [1.807, 2.05) is 13.0 Å². The van der Waals surface area contributed by atoms with Crippen LogP contribution in [0.5, 0.6) is 0 Å². The number of likely N-dealkylation sites (tertiary alicyclic amines) is 1. The largest absolute Gasteiger partial charge is 0.480 e. The first-order valence-corrected chi connectivity index (χ1v) is 7.06. The normalized spacial score (nSPS) is 31.3. The minimum absolute atomic E-state index is 0.356. The average Bonchev–Trinajstić information content (AvgIpc) is 2.95. The van der Waals surface area contributed by atoms with Crippen LogP contribution >= 0.6 is 0 Å². The molecule has 1 aliphatic heterocycles. The second-order valence-electron chi connectivity index (χ2n) is 5.80. The van der Waals surface area contributed by atoms with Gasteiger partial charge in [0.05, 0.1) is 5.69 Å². The zero-order valence-electron chi connectivity index (χ0n) is 11.2. The van der Waals surface area contributed by atoms with E-state index in [0.717, 1.165) is 24.3 Å². The molecule has 1 N–H and O–H groups in total. The van der Waals surface area contributed by atoms with Crippen LogP contribution in [0.15, 0.2) is 10.6 Å². The number of fused-ring (bicyclic) bond motifs is 1. The molecule has 1 aromatic rings. The number of aliphatic carboxylic acids is 1. The van der Waals surface area contributed by atoms with Gasteiger partial charge in [-0.2, -0.15) is 0 Å². The number of carboxylic acid groups (broad SMARTS) is 1. The zero-order valence-corrected chi connectivity index (χ0v) is 11.2. The van der Waals surface area contributed by atoms with E-state index in [4.69, 9.17) is 4.52 Å². The molecule has 0 amide bonds. The van der Waals surface area contributed by atoms with E-state index in [9.17, 15) is 9.90 Å². The van der Waals surface area contributed by atoms with Crippen molar-refractivity contribution in [2.45, 2.75) is 57.7 Å². The van der Waals surface area contributed by atoms with Crippen LogP contribution < -0.4 is 0 Å². The van der Waals surface area contributed by atoms with Crippen molar-refractivity contribution in [3.8, 4) is 0 Å². The van der Waals surface area contributed by atoms with E-state index in [1.54, 1.807) is 0 Å². The molecule has 5 heteroatoms. The third-order valence-electron chi connectivity index (χ3n) is 4.53. The van der Waals surface area contributed by atoms with Gasteiger partial charge in [0.2, 0.25) is 0 Å². The highest BCUT2D eigenvalue weighted by Crippen LogP contribution is 2.40. The molecule has 5 nitrogen and oxygen atoms in total. The number of carboxylic acids is 1. The summed E-state index contributed by atoms with van der Waals surface area (Å²) in [5.41, 5.74) is 0.843. The molecule has 2 fully saturated rings. The maximum atomic E-state index is 11.5. The predicted octanol–water partition coefficient (Wildman–Crippen LogP) is 2.20. The van der Waals surface area contributed by atoms with E-state index in [0.29, 0.717) is 18.5 Å². The summed E-state index contributed by atoms with van der Waals surface area (Å²) in [7, 11) is 0. The summed E-state index contributed by atoms with van der Waals surface area (Å²) in [6.45, 7) is 2.45. The predicted molar refractivity (Wildman–Crippen MR) is 68.6 cm³/mol. The molecule has 0 radical (unpaired) electrons. The van der Waals surface area contributed by atoms with Crippen LogP contribution in [0.2, 0.25) is 0 Å². The number of aromatic nitrogens is 1. The highest BCUT2D eigenvalue weighted by atomic mass is 16.5. The van der Waals surface area contributed by atoms with Gasteiger partial charge in [-0.15, -0.1) is 0 Å². The molecule has 19 heavy (non-hydrogen) atoms. The number of hydrogen-bond acceptors (Lipinski definition) is 4. The van der Waals surface area contributed by atoms with Gasteiger partial charge in [0.1, 0.15) is 11.8 Å². The van der Waals surface area contributed by atoms with Gasteiger partial charge in [-0.25, -0.2) is 0 Å². The van der Waals surface area contributed by atoms with Gasteiger partial charge < -0.3 is 9.63 Å². The van der Waals surface area contributed by atoms with Gasteiger partial charge in [0.15, 0.2) is 0 Å². The molecule has 3 atom stereocenters. The fourth-order valence-corrected chi connectivity index (χ4v) is 3.70. The third kappa shape index (κ3) is 2.39. The molecule has 0 bridgehead atoms. The molecule has 1 aliphatic carbocycles. The molecule has 0 aromatic carbocycles. The SMILES string of the molecule is Cc1cc(CN2[C@@H]3CCCC[C@@H]3C[C@H]2C(=O)O)no1. The zero-order chi connectivity index (χ0) is 13.4. The molecule has 3 rings (SSSR count). The van der Waals surface area contributed by atoms with Crippen LogP contribution in [0.25, 0.3) is 0 Å². The number of nitrogens with zero attached hydrogens (tertiary/aromatic N) is 2. The maximum Gasteiger partial charge on any atom is 0.320 e. The van der Waals surface area contributed by atoms with Crippen LogP contribution in [-0.4, -0.2) is 33.2 Å². The second-order valence-corrected chi connectivity index (χ2v) is 5.80. The summed E-state index contributed by atoms with van der Waals surface area (Å²) < 4.78 is 5.08. The highest BCUT2D eigenvalue weighted by molar-refractivity contribution is 5.74. The molecule has 0 unspecified atom stereocenters. The quantitative estimate of drug-likeness (QED) is 0.906. The summed E-state index contributed by atoms with van der Waals surface area (Å²) in [5.74, 6) is 0.624.